The lowest BCUT2D eigenvalue weighted by atomic mass is 10.0. The molecule has 17 nitrogen and oxygen atoms in total. The summed E-state index contributed by atoms with van der Waals surface area (Å²) in [5, 5.41) is 31.1. The maximum Gasteiger partial charge on any atom is 0.326 e. The third-order valence-electron chi connectivity index (χ3n) is 8.34. The molecule has 0 fully saturated rings. The molecule has 0 saturated heterocycles. The molecule has 0 unspecified atom stereocenters. The number of imidazole rings is 1. The van der Waals surface area contributed by atoms with E-state index in [9.17, 15) is 23.9 Å². The number of nitrogens with zero attached hydrogens (tertiary/aromatic N) is 7. The Bertz CT molecular complexity index is 2390. The second-order valence-corrected chi connectivity index (χ2v) is 12.3. The molecule has 3 aromatic heterocycles. The van der Waals surface area contributed by atoms with Crippen LogP contribution in [-0.2, 0) is 24.3 Å². The number of carboxylic acid groups (broad SMARTS) is 1. The molecule has 280 valence electrons. The number of aromatic amines is 2. The fraction of sp³-hybridized carbons (Fsp3) is 0.216. The van der Waals surface area contributed by atoms with Crippen LogP contribution in [0.2, 0.25) is 0 Å². The number of H-pyrrole nitrogens is 2. The molecule has 0 bridgehead atoms. The van der Waals surface area contributed by atoms with Gasteiger partial charge in [-0.15, -0.1) is 0 Å². The van der Waals surface area contributed by atoms with Crippen molar-refractivity contribution in [3.05, 3.63) is 124 Å². The summed E-state index contributed by atoms with van der Waals surface area (Å²) in [7, 11) is 0. The van der Waals surface area contributed by atoms with Gasteiger partial charge in [0.1, 0.15) is 17.7 Å². The molecule has 0 radical (unpaired) electrons. The average molecular weight is 746 g/mol. The first kappa shape index (κ1) is 37.5. The fourth-order valence-electron chi connectivity index (χ4n) is 5.57. The Balaban J connectivity index is 1.17. The second kappa shape index (κ2) is 17.5. The van der Waals surface area contributed by atoms with E-state index in [4.69, 9.17) is 5.26 Å². The normalized spacial score (nSPS) is 11.5. The highest BCUT2D eigenvalue weighted by Gasteiger charge is 2.21. The first-order chi connectivity index (χ1) is 26.6. The lowest BCUT2D eigenvalue weighted by Crippen LogP contribution is -2.37. The summed E-state index contributed by atoms with van der Waals surface area (Å²) in [5.41, 5.74) is 3.08. The fourth-order valence-corrected chi connectivity index (χ4v) is 5.57. The van der Waals surface area contributed by atoms with Crippen LogP contribution in [0.5, 0.6) is 0 Å². The molecule has 55 heavy (non-hydrogen) atoms. The van der Waals surface area contributed by atoms with Gasteiger partial charge in [0.05, 0.1) is 29.2 Å². The van der Waals surface area contributed by atoms with Crippen LogP contribution >= 0.6 is 0 Å². The Labute approximate surface area is 313 Å². The number of nitrogens with one attached hydrogen (secondary N) is 6. The van der Waals surface area contributed by atoms with Crippen LogP contribution in [0.3, 0.4) is 0 Å². The van der Waals surface area contributed by atoms with Crippen molar-refractivity contribution < 1.29 is 19.1 Å². The van der Waals surface area contributed by atoms with Gasteiger partial charge in [-0.25, -0.2) is 19.2 Å². The quantitative estimate of drug-likeness (QED) is 0.0707. The number of halogens is 1. The molecule has 6 aromatic rings. The van der Waals surface area contributed by atoms with Gasteiger partial charge in [-0.1, -0.05) is 31.2 Å². The Morgan fingerprint density at radius 2 is 1.80 bits per heavy atom. The van der Waals surface area contributed by atoms with E-state index in [-0.39, 0.29) is 36.5 Å². The van der Waals surface area contributed by atoms with Crippen LogP contribution in [0.1, 0.15) is 39.9 Å². The minimum atomic E-state index is -1.14. The summed E-state index contributed by atoms with van der Waals surface area (Å²) in [6.45, 7) is 4.16. The number of aliphatic carboxylic acids is 1. The number of rotatable bonds is 17. The lowest BCUT2D eigenvalue weighted by molar-refractivity contribution is -0.137. The Morgan fingerprint density at radius 1 is 1.00 bits per heavy atom. The Hall–Kier alpha value is -7.26. The number of hydrogen-bond donors (Lipinski definition) is 7. The van der Waals surface area contributed by atoms with E-state index in [1.54, 1.807) is 30.3 Å². The van der Waals surface area contributed by atoms with E-state index in [0.717, 1.165) is 5.56 Å². The van der Waals surface area contributed by atoms with Crippen LogP contribution < -0.4 is 26.8 Å². The number of nitriles is 1. The van der Waals surface area contributed by atoms with Gasteiger partial charge in [0.25, 0.3) is 11.5 Å². The molecule has 0 saturated carbocycles. The van der Waals surface area contributed by atoms with Gasteiger partial charge in [0, 0.05) is 44.1 Å². The molecule has 6 rings (SSSR count). The van der Waals surface area contributed by atoms with E-state index in [1.165, 1.54) is 24.5 Å². The molecule has 1 amide bonds. The van der Waals surface area contributed by atoms with Crippen molar-refractivity contribution in [3.8, 4) is 6.07 Å². The zero-order valence-corrected chi connectivity index (χ0v) is 29.5. The second-order valence-electron chi connectivity index (χ2n) is 12.3. The topological polar surface area (TPSA) is 243 Å². The van der Waals surface area contributed by atoms with E-state index >= 15 is 0 Å². The van der Waals surface area contributed by atoms with Gasteiger partial charge >= 0.3 is 5.97 Å². The number of fused-ring (bicyclic) bond motifs is 1. The van der Waals surface area contributed by atoms with Crippen molar-refractivity contribution in [2.75, 3.05) is 35.6 Å². The van der Waals surface area contributed by atoms with Crippen molar-refractivity contribution in [1.82, 2.24) is 45.1 Å². The van der Waals surface area contributed by atoms with Crippen molar-refractivity contribution in [2.45, 2.75) is 32.5 Å². The number of amides is 1. The van der Waals surface area contributed by atoms with Crippen molar-refractivity contribution in [1.29, 1.82) is 5.26 Å². The van der Waals surface area contributed by atoms with E-state index < -0.39 is 29.3 Å². The molecule has 0 aliphatic rings. The molecule has 3 heterocycles. The van der Waals surface area contributed by atoms with Crippen molar-refractivity contribution >= 4 is 46.4 Å². The predicted molar refractivity (Wildman–Crippen MR) is 201 cm³/mol. The minimum absolute atomic E-state index is 0.0178. The average Bonchev–Trinajstić information content (AvgIpc) is 3.59. The van der Waals surface area contributed by atoms with Gasteiger partial charge < -0.3 is 36.3 Å². The number of likely N-dealkylation sites (N-methyl/N-ethyl adjacent to an activating group) is 1. The molecule has 18 heteroatoms. The number of aromatic nitrogens is 7. The highest BCUT2D eigenvalue weighted by molar-refractivity contribution is 5.91. The minimum Gasteiger partial charge on any atom is -0.480 e. The third kappa shape index (κ3) is 10.2. The maximum atomic E-state index is 13.8. The van der Waals surface area contributed by atoms with Gasteiger partial charge in [0.2, 0.25) is 17.8 Å². The summed E-state index contributed by atoms with van der Waals surface area (Å²) < 4.78 is 13.8. The molecule has 0 aliphatic carbocycles. The Morgan fingerprint density at radius 3 is 2.56 bits per heavy atom. The SMILES string of the molecule is CCN(CCNC(=O)c1ncc[nH]c1=O)Cc1cccc(Nc2nc(NCc3nc4ccc(F)cc4[nH]3)nc(N[C@@H](Cc3ccc(C#N)cc3)C(=O)O)n2)c1. The number of anilines is 4. The summed E-state index contributed by atoms with van der Waals surface area (Å²) in [4.78, 5) is 66.0. The summed E-state index contributed by atoms with van der Waals surface area (Å²) >= 11 is 0. The zero-order chi connectivity index (χ0) is 38.7. The van der Waals surface area contributed by atoms with Crippen LogP contribution in [0.25, 0.3) is 11.0 Å². The van der Waals surface area contributed by atoms with Crippen molar-refractivity contribution in [3.63, 3.8) is 0 Å². The number of carboxylic acids is 1. The monoisotopic (exact) mass is 745 g/mol. The summed E-state index contributed by atoms with van der Waals surface area (Å²) in [6, 6.07) is 19.3. The first-order valence-corrected chi connectivity index (χ1v) is 17.2. The highest BCUT2D eigenvalue weighted by atomic mass is 19.1. The van der Waals surface area contributed by atoms with Crippen molar-refractivity contribution in [2.24, 2.45) is 0 Å². The van der Waals surface area contributed by atoms with E-state index in [2.05, 4.69) is 61.1 Å². The number of carbonyl (C=O) groups is 2. The van der Waals surface area contributed by atoms with Crippen LogP contribution in [-0.4, -0.2) is 82.4 Å². The van der Waals surface area contributed by atoms with E-state index in [0.29, 0.717) is 59.9 Å². The largest absolute Gasteiger partial charge is 0.480 e. The van der Waals surface area contributed by atoms with Gasteiger partial charge in [-0.3, -0.25) is 14.5 Å². The molecule has 1 atom stereocenters. The maximum absolute atomic E-state index is 13.8. The van der Waals surface area contributed by atoms with Crippen LogP contribution in [0, 0.1) is 17.1 Å². The summed E-state index contributed by atoms with van der Waals surface area (Å²) in [6.07, 6.45) is 2.78. The Kier molecular flexibility index (Phi) is 11.9. The number of hydrogen-bond acceptors (Lipinski definition) is 13. The summed E-state index contributed by atoms with van der Waals surface area (Å²) in [5.74, 6) is -1.39. The lowest BCUT2D eigenvalue weighted by Gasteiger charge is -2.21. The third-order valence-corrected chi connectivity index (χ3v) is 8.34. The zero-order valence-electron chi connectivity index (χ0n) is 29.5. The first-order valence-electron chi connectivity index (χ1n) is 17.2. The molecule has 7 N–H and O–H groups in total. The molecule has 0 aliphatic heterocycles. The number of carbonyl (C=O) groups excluding carboxylic acids is 1. The molecular formula is C37H36FN13O4. The van der Waals surface area contributed by atoms with Crippen LogP contribution in [0.15, 0.2) is 83.9 Å². The van der Waals surface area contributed by atoms with Gasteiger partial charge in [-0.2, -0.15) is 20.2 Å². The molecule has 3 aromatic carbocycles. The highest BCUT2D eigenvalue weighted by Crippen LogP contribution is 2.20. The molecular weight excluding hydrogens is 709 g/mol. The smallest absolute Gasteiger partial charge is 0.326 e. The van der Waals surface area contributed by atoms with Crippen LogP contribution in [0.4, 0.5) is 27.9 Å². The number of benzene rings is 3. The predicted octanol–water partition coefficient (Wildman–Crippen LogP) is 3.56. The standard InChI is InChI=1S/C37H36FN13O4/c1-2-51(15-14-42-33(53)31-32(52)41-13-12-40-31)21-24-4-3-5-26(16-24)44-36-48-35(43-20-30-45-27-11-10-25(38)18-28(27)46-30)49-37(50-36)47-29(34(54)55)17-22-6-8-23(19-39)9-7-22/h3-13,16,18,29H,2,14-15,17,20-21H2,1H3,(H,41,52)(H,42,53)(H,45,46)(H,54,55)(H3,43,44,47,48,49,50)/t29-/m0/s1. The van der Waals surface area contributed by atoms with Gasteiger partial charge in [-0.05, 0) is 60.1 Å². The molecule has 0 spiro atoms. The van der Waals surface area contributed by atoms with Gasteiger partial charge in [0.15, 0.2) is 5.69 Å². The van der Waals surface area contributed by atoms with E-state index in [1.807, 2.05) is 37.3 Å².